The van der Waals surface area contributed by atoms with E-state index >= 15 is 0 Å². The van der Waals surface area contributed by atoms with Crippen LogP contribution in [0.1, 0.15) is 45.8 Å². The van der Waals surface area contributed by atoms with E-state index in [1.54, 1.807) is 18.2 Å². The number of thiophene rings is 1. The maximum absolute atomic E-state index is 11.9. The van der Waals surface area contributed by atoms with Crippen LogP contribution in [-0.4, -0.2) is 16.9 Å². The average molecular weight is 390 g/mol. The van der Waals surface area contributed by atoms with Gasteiger partial charge in [0.15, 0.2) is 5.11 Å². The van der Waals surface area contributed by atoms with Gasteiger partial charge >= 0.3 is 0 Å². The molecule has 2 heterocycles. The van der Waals surface area contributed by atoms with Crippen LogP contribution < -0.4 is 16.4 Å². The summed E-state index contributed by atoms with van der Waals surface area (Å²) in [6.07, 6.45) is 9.47. The lowest BCUT2D eigenvalue weighted by Gasteiger charge is -2.08. The monoisotopic (exact) mass is 389 g/mol. The van der Waals surface area contributed by atoms with Crippen LogP contribution in [0, 0.1) is 0 Å². The second kappa shape index (κ2) is 8.29. The molecule has 0 aliphatic heterocycles. The van der Waals surface area contributed by atoms with Gasteiger partial charge in [-0.05, 0) is 61.7 Å². The second-order valence-electron chi connectivity index (χ2n) is 5.92. The first-order valence-corrected chi connectivity index (χ1v) is 9.55. The number of carbonyl (C=O) groups excluding carboxylic acids is 2. The molecular formula is C18H19N3O3S2. The third kappa shape index (κ3) is 4.39. The maximum Gasteiger partial charge on any atom is 0.251 e. The molecule has 0 bridgehead atoms. The van der Waals surface area contributed by atoms with E-state index < -0.39 is 11.8 Å². The van der Waals surface area contributed by atoms with Crippen LogP contribution in [0.4, 0.5) is 5.00 Å². The van der Waals surface area contributed by atoms with E-state index in [0.717, 1.165) is 37.7 Å². The van der Waals surface area contributed by atoms with Gasteiger partial charge in [0.05, 0.1) is 11.8 Å². The highest BCUT2D eigenvalue weighted by Crippen LogP contribution is 2.37. The van der Waals surface area contributed by atoms with E-state index in [4.69, 9.17) is 22.4 Å². The number of anilines is 1. The molecule has 6 nitrogen and oxygen atoms in total. The summed E-state index contributed by atoms with van der Waals surface area (Å²) in [4.78, 5) is 25.1. The molecule has 1 aliphatic carbocycles. The van der Waals surface area contributed by atoms with Gasteiger partial charge in [-0.25, -0.2) is 0 Å². The van der Waals surface area contributed by atoms with Crippen LogP contribution in [0.25, 0.3) is 6.08 Å². The minimum absolute atomic E-state index is 0.123. The largest absolute Gasteiger partial charge is 0.465 e. The van der Waals surface area contributed by atoms with Gasteiger partial charge < -0.3 is 15.5 Å². The van der Waals surface area contributed by atoms with E-state index in [1.165, 1.54) is 28.6 Å². The number of hydrogen-bond acceptors (Lipinski definition) is 5. The Morgan fingerprint density at radius 1 is 1.27 bits per heavy atom. The fourth-order valence-electron chi connectivity index (χ4n) is 2.92. The lowest BCUT2D eigenvalue weighted by molar-refractivity contribution is -0.115. The summed E-state index contributed by atoms with van der Waals surface area (Å²) in [6.45, 7) is 0. The van der Waals surface area contributed by atoms with Gasteiger partial charge in [0, 0.05) is 11.0 Å². The predicted molar refractivity (Wildman–Crippen MR) is 106 cm³/mol. The highest BCUT2D eigenvalue weighted by Gasteiger charge is 2.23. The van der Waals surface area contributed by atoms with Crippen molar-refractivity contribution in [3.8, 4) is 0 Å². The summed E-state index contributed by atoms with van der Waals surface area (Å²) in [6, 6.07) is 3.47. The fraction of sp³-hybridized carbons (Fsp3) is 0.278. The molecule has 2 amide bonds. The predicted octanol–water partition coefficient (Wildman–Crippen LogP) is 3.24. The van der Waals surface area contributed by atoms with Crippen LogP contribution in [0.2, 0.25) is 0 Å². The molecule has 2 aromatic rings. The second-order valence-corrected chi connectivity index (χ2v) is 7.44. The SMILES string of the molecule is NC(=O)c1c(NC(=S)NC(=O)/C=C/c2ccco2)sc2c1CCCCC2. The maximum atomic E-state index is 11.9. The van der Waals surface area contributed by atoms with Crippen LogP contribution in [0.3, 0.4) is 0 Å². The summed E-state index contributed by atoms with van der Waals surface area (Å²) in [7, 11) is 0. The van der Waals surface area contributed by atoms with Crippen LogP contribution >= 0.6 is 23.6 Å². The van der Waals surface area contributed by atoms with Gasteiger partial charge in [0.2, 0.25) is 5.91 Å². The average Bonchev–Trinajstić information content (AvgIpc) is 3.15. The van der Waals surface area contributed by atoms with Crippen molar-refractivity contribution >= 4 is 51.6 Å². The van der Waals surface area contributed by atoms with Crippen molar-refractivity contribution in [1.29, 1.82) is 0 Å². The zero-order chi connectivity index (χ0) is 18.5. The first-order chi connectivity index (χ1) is 12.5. The number of primary amides is 1. The van der Waals surface area contributed by atoms with E-state index in [9.17, 15) is 9.59 Å². The van der Waals surface area contributed by atoms with Gasteiger partial charge in [-0.15, -0.1) is 11.3 Å². The van der Waals surface area contributed by atoms with Crippen LogP contribution in [0.5, 0.6) is 0 Å². The first-order valence-electron chi connectivity index (χ1n) is 8.32. The molecule has 136 valence electrons. The number of rotatable bonds is 4. The third-order valence-corrected chi connectivity index (χ3v) is 5.49. The minimum atomic E-state index is -0.473. The fourth-order valence-corrected chi connectivity index (χ4v) is 4.49. The zero-order valence-electron chi connectivity index (χ0n) is 14.0. The summed E-state index contributed by atoms with van der Waals surface area (Å²) >= 11 is 6.68. The van der Waals surface area contributed by atoms with Crippen molar-refractivity contribution in [2.45, 2.75) is 32.1 Å². The van der Waals surface area contributed by atoms with E-state index in [0.29, 0.717) is 16.3 Å². The highest BCUT2D eigenvalue weighted by atomic mass is 32.1. The minimum Gasteiger partial charge on any atom is -0.465 e. The Bertz CT molecular complexity index is 853. The number of amides is 2. The smallest absolute Gasteiger partial charge is 0.251 e. The number of nitrogens with one attached hydrogen (secondary N) is 2. The number of hydrogen-bond donors (Lipinski definition) is 3. The molecule has 0 saturated heterocycles. The molecule has 0 saturated carbocycles. The first kappa shape index (κ1) is 18.3. The Hall–Kier alpha value is -2.45. The van der Waals surface area contributed by atoms with Gasteiger partial charge in [-0.3, -0.25) is 14.9 Å². The summed E-state index contributed by atoms with van der Waals surface area (Å²) < 4.78 is 5.12. The molecule has 4 N–H and O–H groups in total. The standard InChI is InChI=1S/C18H19N3O3S2/c19-16(23)15-12-6-2-1-3-7-13(12)26-17(15)21-18(25)20-14(22)9-8-11-5-4-10-24-11/h4-5,8-10H,1-3,6-7H2,(H2,19,23)(H2,20,21,22,25)/b9-8+. The van der Waals surface area contributed by atoms with Crippen molar-refractivity contribution in [3.05, 3.63) is 46.2 Å². The lowest BCUT2D eigenvalue weighted by atomic mass is 10.1. The highest BCUT2D eigenvalue weighted by molar-refractivity contribution is 7.80. The van der Waals surface area contributed by atoms with Gasteiger partial charge in [0.25, 0.3) is 5.91 Å². The molecule has 0 fully saturated rings. The lowest BCUT2D eigenvalue weighted by Crippen LogP contribution is -2.33. The number of fused-ring (bicyclic) bond motifs is 1. The Labute approximate surface area is 160 Å². The number of furan rings is 1. The molecule has 0 atom stereocenters. The Morgan fingerprint density at radius 2 is 2.08 bits per heavy atom. The molecular weight excluding hydrogens is 370 g/mol. The van der Waals surface area contributed by atoms with E-state index in [1.807, 2.05) is 0 Å². The summed E-state index contributed by atoms with van der Waals surface area (Å²) in [5.41, 5.74) is 7.11. The number of nitrogens with two attached hydrogens (primary N) is 1. The zero-order valence-corrected chi connectivity index (χ0v) is 15.7. The molecule has 2 aromatic heterocycles. The van der Waals surface area contributed by atoms with Crippen molar-refractivity contribution in [2.24, 2.45) is 5.73 Å². The molecule has 0 radical (unpaired) electrons. The Morgan fingerprint density at radius 3 is 2.81 bits per heavy atom. The topological polar surface area (TPSA) is 97.4 Å². The van der Waals surface area contributed by atoms with Crippen LogP contribution in [0.15, 0.2) is 28.9 Å². The number of aryl methyl sites for hydroxylation is 1. The van der Waals surface area contributed by atoms with Gasteiger partial charge in [-0.2, -0.15) is 0 Å². The van der Waals surface area contributed by atoms with Gasteiger partial charge in [0.1, 0.15) is 10.8 Å². The molecule has 26 heavy (non-hydrogen) atoms. The van der Waals surface area contributed by atoms with Crippen molar-refractivity contribution < 1.29 is 14.0 Å². The molecule has 8 heteroatoms. The molecule has 0 aromatic carbocycles. The molecule has 3 rings (SSSR count). The Kier molecular flexibility index (Phi) is 5.85. The number of carbonyl (C=O) groups is 2. The Balaban J connectivity index is 1.69. The quantitative estimate of drug-likeness (QED) is 0.424. The van der Waals surface area contributed by atoms with Crippen molar-refractivity contribution in [1.82, 2.24) is 5.32 Å². The molecule has 1 aliphatic rings. The van der Waals surface area contributed by atoms with Crippen LogP contribution in [-0.2, 0) is 17.6 Å². The van der Waals surface area contributed by atoms with Crippen molar-refractivity contribution in [3.63, 3.8) is 0 Å². The summed E-state index contributed by atoms with van der Waals surface area (Å²) in [5, 5.41) is 6.24. The van der Waals surface area contributed by atoms with Crippen molar-refractivity contribution in [2.75, 3.05) is 5.32 Å². The van der Waals surface area contributed by atoms with E-state index in [2.05, 4.69) is 10.6 Å². The summed E-state index contributed by atoms with van der Waals surface area (Å²) in [5.74, 6) is -0.298. The van der Waals surface area contributed by atoms with Gasteiger partial charge in [-0.1, -0.05) is 6.42 Å². The number of thiocarbonyl (C=S) groups is 1. The molecule has 0 unspecified atom stereocenters. The normalized spacial score (nSPS) is 13.8. The van der Waals surface area contributed by atoms with E-state index in [-0.39, 0.29) is 5.11 Å². The molecule has 0 spiro atoms. The third-order valence-electron chi connectivity index (χ3n) is 4.07.